The Labute approximate surface area is 116 Å². The molecule has 1 unspecified atom stereocenters. The monoisotopic (exact) mass is 354 g/mol. The van der Waals surface area contributed by atoms with Gasteiger partial charge in [0.1, 0.15) is 0 Å². The SMILES string of the molecule is CCCCCC(C)(CC=CI)O[Si](C)(C)C. The molecule has 0 aliphatic heterocycles. The summed E-state index contributed by atoms with van der Waals surface area (Å²) in [5, 5.41) is 0. The Bertz CT molecular complexity index is 210. The molecule has 0 fully saturated rings. The predicted octanol–water partition coefficient (Wildman–Crippen LogP) is 5.52. The molecule has 0 heterocycles. The van der Waals surface area contributed by atoms with E-state index < -0.39 is 8.32 Å². The Morgan fingerprint density at radius 3 is 2.31 bits per heavy atom. The molecular weight excluding hydrogens is 327 g/mol. The zero-order valence-corrected chi connectivity index (χ0v) is 14.6. The van der Waals surface area contributed by atoms with Crippen molar-refractivity contribution in [2.24, 2.45) is 0 Å². The van der Waals surface area contributed by atoms with E-state index in [1.54, 1.807) is 0 Å². The molecule has 0 aliphatic rings. The van der Waals surface area contributed by atoms with Crippen LogP contribution in [0.3, 0.4) is 0 Å². The third-order valence-corrected chi connectivity index (χ3v) is 4.11. The molecule has 0 radical (unpaired) electrons. The minimum Gasteiger partial charge on any atom is -0.412 e. The van der Waals surface area contributed by atoms with Gasteiger partial charge in [-0.2, -0.15) is 0 Å². The average Bonchev–Trinajstić information content (AvgIpc) is 2.12. The summed E-state index contributed by atoms with van der Waals surface area (Å²) in [6.45, 7) is 11.4. The molecule has 0 bridgehead atoms. The summed E-state index contributed by atoms with van der Waals surface area (Å²) in [4.78, 5) is 0. The van der Waals surface area contributed by atoms with Gasteiger partial charge in [-0.05, 0) is 43.5 Å². The number of halogens is 1. The number of hydrogen-bond acceptors (Lipinski definition) is 1. The van der Waals surface area contributed by atoms with Crippen LogP contribution >= 0.6 is 22.6 Å². The second-order valence-corrected chi connectivity index (χ2v) is 10.8. The van der Waals surface area contributed by atoms with E-state index in [0.29, 0.717) is 0 Å². The second kappa shape index (κ2) is 7.87. The van der Waals surface area contributed by atoms with Gasteiger partial charge in [0.2, 0.25) is 0 Å². The van der Waals surface area contributed by atoms with E-state index in [4.69, 9.17) is 4.43 Å². The molecule has 16 heavy (non-hydrogen) atoms. The molecule has 0 rings (SSSR count). The molecule has 0 N–H and O–H groups in total. The highest BCUT2D eigenvalue weighted by Gasteiger charge is 2.29. The van der Waals surface area contributed by atoms with Crippen LogP contribution in [0.15, 0.2) is 10.2 Å². The molecule has 0 aromatic heterocycles. The number of rotatable bonds is 8. The smallest absolute Gasteiger partial charge is 0.184 e. The molecule has 0 saturated heterocycles. The molecule has 0 aromatic carbocycles. The number of hydrogen-bond donors (Lipinski definition) is 0. The Morgan fingerprint density at radius 2 is 1.88 bits per heavy atom. The standard InChI is InChI=1S/C13H27IOSi/c1-6-7-8-10-13(2,11-9-12-14)15-16(3,4)5/h9,12H,6-8,10-11H2,1-5H3. The van der Waals surface area contributed by atoms with Crippen LogP contribution in [-0.4, -0.2) is 13.9 Å². The first kappa shape index (κ1) is 16.6. The Kier molecular flexibility index (Phi) is 8.19. The maximum atomic E-state index is 6.36. The quantitative estimate of drug-likeness (QED) is 0.317. The van der Waals surface area contributed by atoms with Gasteiger partial charge in [-0.15, -0.1) is 0 Å². The fourth-order valence-corrected chi connectivity index (χ4v) is 3.89. The summed E-state index contributed by atoms with van der Waals surface area (Å²) in [7, 11) is -1.44. The minimum absolute atomic E-state index is 0.0569. The van der Waals surface area contributed by atoms with E-state index in [9.17, 15) is 0 Å². The molecule has 0 amide bonds. The van der Waals surface area contributed by atoms with E-state index in [1.165, 1.54) is 25.7 Å². The fourth-order valence-electron chi connectivity index (χ4n) is 1.98. The lowest BCUT2D eigenvalue weighted by Gasteiger charge is -2.36. The van der Waals surface area contributed by atoms with Crippen LogP contribution in [0.2, 0.25) is 19.6 Å². The first-order valence-corrected chi connectivity index (χ1v) is 10.9. The van der Waals surface area contributed by atoms with Gasteiger partial charge >= 0.3 is 0 Å². The molecule has 0 aliphatic carbocycles. The van der Waals surface area contributed by atoms with Gasteiger partial charge in [-0.3, -0.25) is 0 Å². The van der Waals surface area contributed by atoms with Crippen LogP contribution in [0, 0.1) is 0 Å². The first-order valence-electron chi connectivity index (χ1n) is 6.28. The van der Waals surface area contributed by atoms with Gasteiger partial charge in [0.05, 0.1) is 5.60 Å². The van der Waals surface area contributed by atoms with Crippen molar-refractivity contribution >= 4 is 30.9 Å². The van der Waals surface area contributed by atoms with Crippen molar-refractivity contribution in [1.29, 1.82) is 0 Å². The van der Waals surface area contributed by atoms with Crippen LogP contribution in [0.1, 0.15) is 46.0 Å². The highest BCUT2D eigenvalue weighted by molar-refractivity contribution is 14.1. The van der Waals surface area contributed by atoms with Crippen molar-refractivity contribution in [3.8, 4) is 0 Å². The van der Waals surface area contributed by atoms with E-state index in [1.807, 2.05) is 0 Å². The summed E-state index contributed by atoms with van der Waals surface area (Å²) in [6.07, 6.45) is 8.35. The maximum absolute atomic E-state index is 6.36. The Hall–Kier alpha value is 0.647. The van der Waals surface area contributed by atoms with Crippen LogP contribution in [0.25, 0.3) is 0 Å². The van der Waals surface area contributed by atoms with Crippen LogP contribution in [0.4, 0.5) is 0 Å². The van der Waals surface area contributed by atoms with E-state index in [-0.39, 0.29) is 5.60 Å². The summed E-state index contributed by atoms with van der Waals surface area (Å²) in [5.74, 6) is 0. The highest BCUT2D eigenvalue weighted by atomic mass is 127. The van der Waals surface area contributed by atoms with Crippen LogP contribution < -0.4 is 0 Å². The molecule has 0 aromatic rings. The Balaban J connectivity index is 4.35. The lowest BCUT2D eigenvalue weighted by Crippen LogP contribution is -2.40. The average molecular weight is 354 g/mol. The van der Waals surface area contributed by atoms with Crippen molar-refractivity contribution in [3.63, 3.8) is 0 Å². The highest BCUT2D eigenvalue weighted by Crippen LogP contribution is 2.28. The summed E-state index contributed by atoms with van der Waals surface area (Å²) in [6, 6.07) is 0. The van der Waals surface area contributed by atoms with Gasteiger partial charge in [-0.1, -0.05) is 54.9 Å². The van der Waals surface area contributed by atoms with Crippen LogP contribution in [-0.2, 0) is 4.43 Å². The normalized spacial score (nSPS) is 16.6. The van der Waals surface area contributed by atoms with E-state index >= 15 is 0 Å². The molecule has 0 spiro atoms. The summed E-state index contributed by atoms with van der Waals surface area (Å²) in [5.41, 5.74) is 0.0569. The van der Waals surface area contributed by atoms with Crippen molar-refractivity contribution < 1.29 is 4.43 Å². The predicted molar refractivity (Wildman–Crippen MR) is 84.8 cm³/mol. The molecule has 0 saturated carbocycles. The molecule has 1 nitrogen and oxygen atoms in total. The first-order chi connectivity index (χ1) is 7.33. The third kappa shape index (κ3) is 8.76. The van der Waals surface area contributed by atoms with Gasteiger partial charge in [0.15, 0.2) is 8.32 Å². The second-order valence-electron chi connectivity index (χ2n) is 5.69. The summed E-state index contributed by atoms with van der Waals surface area (Å²) >= 11 is 2.29. The molecular formula is C13H27IOSi. The van der Waals surface area contributed by atoms with Crippen molar-refractivity contribution in [3.05, 3.63) is 10.2 Å². The van der Waals surface area contributed by atoms with Crippen LogP contribution in [0.5, 0.6) is 0 Å². The summed E-state index contributed by atoms with van der Waals surface area (Å²) < 4.78 is 8.46. The van der Waals surface area contributed by atoms with Crippen molar-refractivity contribution in [1.82, 2.24) is 0 Å². The largest absolute Gasteiger partial charge is 0.412 e. The molecule has 96 valence electrons. The zero-order chi connectivity index (χ0) is 12.7. The maximum Gasteiger partial charge on any atom is 0.184 e. The lowest BCUT2D eigenvalue weighted by atomic mass is 9.95. The number of unbranched alkanes of at least 4 members (excludes halogenated alkanes) is 2. The minimum atomic E-state index is -1.44. The van der Waals surface area contributed by atoms with Gasteiger partial charge in [-0.25, -0.2) is 0 Å². The molecule has 1 atom stereocenters. The van der Waals surface area contributed by atoms with Gasteiger partial charge in [0, 0.05) is 0 Å². The van der Waals surface area contributed by atoms with Crippen molar-refractivity contribution in [2.75, 3.05) is 0 Å². The van der Waals surface area contributed by atoms with E-state index in [0.717, 1.165) is 6.42 Å². The van der Waals surface area contributed by atoms with Gasteiger partial charge < -0.3 is 4.43 Å². The van der Waals surface area contributed by atoms with E-state index in [2.05, 4.69) is 66.2 Å². The Morgan fingerprint density at radius 1 is 1.25 bits per heavy atom. The van der Waals surface area contributed by atoms with Crippen molar-refractivity contribution in [2.45, 2.75) is 71.2 Å². The topological polar surface area (TPSA) is 9.23 Å². The van der Waals surface area contributed by atoms with Gasteiger partial charge in [0.25, 0.3) is 0 Å². The lowest BCUT2D eigenvalue weighted by molar-refractivity contribution is 0.0712. The third-order valence-electron chi connectivity index (χ3n) is 2.50. The fraction of sp³-hybridized carbons (Fsp3) is 0.846. The molecule has 3 heteroatoms. The zero-order valence-electron chi connectivity index (χ0n) is 11.5.